The normalized spacial score (nSPS) is 15.8. The first-order chi connectivity index (χ1) is 8.79. The second-order valence-corrected chi connectivity index (χ2v) is 6.46. The van der Waals surface area contributed by atoms with Crippen LogP contribution in [0.1, 0.15) is 6.92 Å². The predicted octanol–water partition coefficient (Wildman–Crippen LogP) is -1.22. The van der Waals surface area contributed by atoms with Gasteiger partial charge in [-0.1, -0.05) is 6.58 Å². The zero-order valence-electron chi connectivity index (χ0n) is 11.1. The summed E-state index contributed by atoms with van der Waals surface area (Å²) in [4.78, 5) is 25.7. The number of likely N-dealkylation sites (N-methyl/N-ethyl adjacent to an activating group) is 1. The molecule has 0 aromatic carbocycles. The summed E-state index contributed by atoms with van der Waals surface area (Å²) >= 11 is 0. The van der Waals surface area contributed by atoms with Gasteiger partial charge in [0.25, 0.3) is 0 Å². The van der Waals surface area contributed by atoms with Gasteiger partial charge in [-0.05, 0) is 13.0 Å². The molecule has 0 spiro atoms. The predicted molar refractivity (Wildman–Crippen MR) is 70.8 cm³/mol. The first-order valence-electron chi connectivity index (χ1n) is 5.94. The maximum absolute atomic E-state index is 11.8. The summed E-state index contributed by atoms with van der Waals surface area (Å²) in [5.74, 6) is -0.504. The van der Waals surface area contributed by atoms with E-state index in [4.69, 9.17) is 0 Å². The second kappa shape index (κ2) is 6.16. The van der Waals surface area contributed by atoms with Gasteiger partial charge in [0, 0.05) is 20.1 Å². The molecule has 0 aromatic heterocycles. The summed E-state index contributed by atoms with van der Waals surface area (Å²) in [7, 11) is -1.72. The highest BCUT2D eigenvalue weighted by Crippen LogP contribution is 2.09. The van der Waals surface area contributed by atoms with Crippen LogP contribution in [0.15, 0.2) is 12.7 Å². The van der Waals surface area contributed by atoms with Gasteiger partial charge >= 0.3 is 0 Å². The van der Waals surface area contributed by atoms with E-state index < -0.39 is 10.0 Å². The van der Waals surface area contributed by atoms with Crippen LogP contribution in [0.25, 0.3) is 0 Å². The van der Waals surface area contributed by atoms with E-state index in [1.165, 1.54) is 16.8 Å². The third-order valence-electron chi connectivity index (χ3n) is 2.88. The molecule has 108 valence electrons. The highest BCUT2D eigenvalue weighted by Gasteiger charge is 2.33. The van der Waals surface area contributed by atoms with Crippen molar-refractivity contribution in [1.82, 2.24) is 14.5 Å². The van der Waals surface area contributed by atoms with E-state index >= 15 is 0 Å². The first kappa shape index (κ1) is 15.6. The van der Waals surface area contributed by atoms with E-state index in [-0.39, 0.29) is 30.2 Å². The summed E-state index contributed by atoms with van der Waals surface area (Å²) < 4.78 is 25.1. The monoisotopic (exact) mass is 289 g/mol. The van der Waals surface area contributed by atoms with Crippen LogP contribution in [0.4, 0.5) is 0 Å². The number of nitrogens with one attached hydrogen (secondary N) is 1. The number of hydrogen-bond acceptors (Lipinski definition) is 4. The third kappa shape index (κ3) is 4.32. The third-order valence-corrected chi connectivity index (χ3v) is 4.34. The van der Waals surface area contributed by atoms with Crippen molar-refractivity contribution in [2.24, 2.45) is 0 Å². The van der Waals surface area contributed by atoms with Crippen molar-refractivity contribution in [1.29, 1.82) is 0 Å². The van der Waals surface area contributed by atoms with E-state index in [1.54, 1.807) is 6.92 Å². The van der Waals surface area contributed by atoms with Crippen LogP contribution in [-0.2, 0) is 19.6 Å². The maximum atomic E-state index is 11.8. The summed E-state index contributed by atoms with van der Waals surface area (Å²) in [6.07, 6.45) is 1.14. The van der Waals surface area contributed by atoms with Gasteiger partial charge in [0.2, 0.25) is 21.8 Å². The second-order valence-electron chi connectivity index (χ2n) is 4.42. The molecule has 0 unspecified atom stereocenters. The first-order valence-corrected chi connectivity index (χ1v) is 7.59. The Morgan fingerprint density at radius 3 is 2.53 bits per heavy atom. The van der Waals surface area contributed by atoms with Crippen molar-refractivity contribution in [3.8, 4) is 0 Å². The van der Waals surface area contributed by atoms with E-state index in [0.29, 0.717) is 13.1 Å². The molecule has 0 aromatic rings. The van der Waals surface area contributed by atoms with Crippen LogP contribution in [0, 0.1) is 0 Å². The molecular weight excluding hydrogens is 270 g/mol. The Bertz CT molecular complexity index is 468. The lowest BCUT2D eigenvalue weighted by atomic mass is 10.1. The quantitative estimate of drug-likeness (QED) is 0.621. The molecule has 1 aliphatic heterocycles. The highest BCUT2D eigenvalue weighted by molar-refractivity contribution is 7.89. The van der Waals surface area contributed by atoms with Gasteiger partial charge in [0.05, 0.1) is 18.3 Å². The van der Waals surface area contributed by atoms with Crippen molar-refractivity contribution >= 4 is 21.8 Å². The van der Waals surface area contributed by atoms with E-state index in [0.717, 1.165) is 6.08 Å². The number of rotatable bonds is 6. The van der Waals surface area contributed by atoms with Gasteiger partial charge < -0.3 is 9.80 Å². The van der Waals surface area contributed by atoms with E-state index in [1.807, 2.05) is 0 Å². The van der Waals surface area contributed by atoms with Gasteiger partial charge in [0.15, 0.2) is 0 Å². The van der Waals surface area contributed by atoms with Gasteiger partial charge in [-0.3, -0.25) is 9.59 Å². The van der Waals surface area contributed by atoms with Gasteiger partial charge in [0.1, 0.15) is 0 Å². The molecule has 8 heteroatoms. The molecule has 0 saturated carbocycles. The Kier molecular flexibility index (Phi) is 5.07. The molecule has 0 bridgehead atoms. The SMILES string of the molecule is C=CC(=O)N(C)CC(=O)N1CC(NS(=O)(=O)CC)C1. The van der Waals surface area contributed by atoms with Crippen LogP contribution in [-0.4, -0.2) is 68.5 Å². The van der Waals surface area contributed by atoms with Gasteiger partial charge in [-0.15, -0.1) is 0 Å². The lowest BCUT2D eigenvalue weighted by Gasteiger charge is -2.39. The van der Waals surface area contributed by atoms with Crippen LogP contribution in [0.5, 0.6) is 0 Å². The maximum Gasteiger partial charge on any atom is 0.246 e. The fourth-order valence-electron chi connectivity index (χ4n) is 1.63. The summed E-state index contributed by atoms with van der Waals surface area (Å²) in [5.41, 5.74) is 0. The Morgan fingerprint density at radius 1 is 1.47 bits per heavy atom. The molecular formula is C11H19N3O4S. The number of nitrogens with zero attached hydrogens (tertiary/aromatic N) is 2. The van der Waals surface area contributed by atoms with Crippen molar-refractivity contribution in [2.75, 3.05) is 32.4 Å². The van der Waals surface area contributed by atoms with Crippen molar-refractivity contribution in [3.63, 3.8) is 0 Å². The van der Waals surface area contributed by atoms with Gasteiger partial charge in [-0.2, -0.15) is 0 Å². The molecule has 1 heterocycles. The fraction of sp³-hybridized carbons (Fsp3) is 0.636. The lowest BCUT2D eigenvalue weighted by Crippen LogP contribution is -2.62. The minimum Gasteiger partial charge on any atom is -0.338 e. The Labute approximate surface area is 113 Å². The lowest BCUT2D eigenvalue weighted by molar-refractivity contribution is -0.140. The summed E-state index contributed by atoms with van der Waals surface area (Å²) in [5, 5.41) is 0. The molecule has 19 heavy (non-hydrogen) atoms. The molecule has 0 radical (unpaired) electrons. The number of amides is 2. The molecule has 1 saturated heterocycles. The van der Waals surface area contributed by atoms with Crippen LogP contribution in [0.3, 0.4) is 0 Å². The van der Waals surface area contributed by atoms with Gasteiger partial charge in [-0.25, -0.2) is 13.1 Å². The van der Waals surface area contributed by atoms with Crippen LogP contribution >= 0.6 is 0 Å². The number of likely N-dealkylation sites (tertiary alicyclic amines) is 1. The van der Waals surface area contributed by atoms with Crippen molar-refractivity contribution in [2.45, 2.75) is 13.0 Å². The minimum atomic E-state index is -3.23. The Morgan fingerprint density at radius 2 is 2.05 bits per heavy atom. The van der Waals surface area contributed by atoms with E-state index in [9.17, 15) is 18.0 Å². The summed E-state index contributed by atoms with van der Waals surface area (Å²) in [6, 6.07) is -0.227. The number of sulfonamides is 1. The Balaban J connectivity index is 2.36. The molecule has 7 nitrogen and oxygen atoms in total. The largest absolute Gasteiger partial charge is 0.338 e. The highest BCUT2D eigenvalue weighted by atomic mass is 32.2. The number of carbonyl (C=O) groups excluding carboxylic acids is 2. The zero-order chi connectivity index (χ0) is 14.6. The molecule has 0 aliphatic carbocycles. The average Bonchev–Trinajstić information content (AvgIpc) is 2.31. The molecule has 1 rings (SSSR count). The zero-order valence-corrected chi connectivity index (χ0v) is 11.9. The van der Waals surface area contributed by atoms with Crippen molar-refractivity contribution < 1.29 is 18.0 Å². The molecule has 0 atom stereocenters. The number of carbonyl (C=O) groups is 2. The molecule has 1 fully saturated rings. The minimum absolute atomic E-state index is 0.0218. The standard InChI is InChI=1S/C11H19N3O4S/c1-4-10(15)13(3)8-11(16)14-6-9(7-14)12-19(17,18)5-2/h4,9,12H,1,5-8H2,2-3H3. The molecule has 1 aliphatic rings. The topological polar surface area (TPSA) is 86.8 Å². The molecule has 2 amide bonds. The van der Waals surface area contributed by atoms with Crippen LogP contribution < -0.4 is 4.72 Å². The summed E-state index contributed by atoms with van der Waals surface area (Å²) in [6.45, 7) is 5.55. The van der Waals surface area contributed by atoms with E-state index in [2.05, 4.69) is 11.3 Å². The smallest absolute Gasteiger partial charge is 0.246 e. The Hall–Kier alpha value is -1.41. The van der Waals surface area contributed by atoms with Crippen molar-refractivity contribution in [3.05, 3.63) is 12.7 Å². The number of hydrogen-bond donors (Lipinski definition) is 1. The fourth-order valence-corrected chi connectivity index (χ4v) is 2.45. The molecule has 1 N–H and O–H groups in total. The van der Waals surface area contributed by atoms with Crippen LogP contribution in [0.2, 0.25) is 0 Å². The average molecular weight is 289 g/mol.